The summed E-state index contributed by atoms with van der Waals surface area (Å²) in [5.41, 5.74) is -0.546. The van der Waals surface area contributed by atoms with Gasteiger partial charge in [-0.3, -0.25) is 4.79 Å². The number of benzene rings is 2. The first-order chi connectivity index (χ1) is 9.47. The molecule has 1 aromatic heterocycles. The number of aromatic carboxylic acids is 1. The van der Waals surface area contributed by atoms with E-state index < -0.39 is 17.1 Å². The van der Waals surface area contributed by atoms with Gasteiger partial charge in [0.1, 0.15) is 28.1 Å². The molecule has 0 saturated heterocycles. The first-order valence-corrected chi connectivity index (χ1v) is 5.63. The first kappa shape index (κ1) is 12.0. The Labute approximate surface area is 111 Å². The van der Waals surface area contributed by atoms with Crippen LogP contribution in [0.1, 0.15) is 10.4 Å². The van der Waals surface area contributed by atoms with Crippen LogP contribution < -0.4 is 5.43 Å². The van der Waals surface area contributed by atoms with Crippen LogP contribution >= 0.6 is 0 Å². The van der Waals surface area contributed by atoms with Gasteiger partial charge in [-0.05, 0) is 30.3 Å². The summed E-state index contributed by atoms with van der Waals surface area (Å²) in [7, 11) is 0. The van der Waals surface area contributed by atoms with Crippen LogP contribution in [0.25, 0.3) is 21.9 Å². The number of rotatable bonds is 1. The van der Waals surface area contributed by atoms with E-state index in [-0.39, 0.29) is 33.3 Å². The highest BCUT2D eigenvalue weighted by atomic mass is 16.4. The van der Waals surface area contributed by atoms with Crippen molar-refractivity contribution < 1.29 is 24.5 Å². The van der Waals surface area contributed by atoms with Gasteiger partial charge in [0, 0.05) is 0 Å². The monoisotopic (exact) mass is 272 g/mol. The number of phenols is 2. The molecule has 0 saturated carbocycles. The average Bonchev–Trinajstić information content (AvgIpc) is 2.39. The number of fused-ring (bicyclic) bond motifs is 2. The van der Waals surface area contributed by atoms with E-state index in [9.17, 15) is 19.8 Å². The molecule has 0 atom stereocenters. The highest BCUT2D eigenvalue weighted by molar-refractivity contribution is 5.98. The molecule has 1 heterocycles. The first-order valence-electron chi connectivity index (χ1n) is 5.63. The van der Waals surface area contributed by atoms with Gasteiger partial charge >= 0.3 is 5.97 Å². The summed E-state index contributed by atoms with van der Waals surface area (Å²) in [6.07, 6.45) is 0. The van der Waals surface area contributed by atoms with E-state index in [2.05, 4.69) is 0 Å². The molecule has 100 valence electrons. The minimum absolute atomic E-state index is 0.0226. The summed E-state index contributed by atoms with van der Waals surface area (Å²) in [5, 5.41) is 28.1. The summed E-state index contributed by atoms with van der Waals surface area (Å²) in [6, 6.07) is 6.13. The average molecular weight is 272 g/mol. The van der Waals surface area contributed by atoms with Crippen molar-refractivity contribution in [3.8, 4) is 11.5 Å². The smallest absolute Gasteiger partial charge is 0.335 e. The molecule has 20 heavy (non-hydrogen) atoms. The van der Waals surface area contributed by atoms with Gasteiger partial charge in [-0.1, -0.05) is 0 Å². The lowest BCUT2D eigenvalue weighted by Crippen LogP contribution is -2.04. The normalized spacial score (nSPS) is 11.0. The highest BCUT2D eigenvalue weighted by Gasteiger charge is 2.15. The van der Waals surface area contributed by atoms with Crippen molar-refractivity contribution in [3.63, 3.8) is 0 Å². The summed E-state index contributed by atoms with van der Waals surface area (Å²) >= 11 is 0. The topological polar surface area (TPSA) is 108 Å². The summed E-state index contributed by atoms with van der Waals surface area (Å²) in [5.74, 6) is -1.82. The van der Waals surface area contributed by atoms with Crippen molar-refractivity contribution in [1.82, 2.24) is 0 Å². The number of carbonyl (C=O) groups is 1. The molecule has 6 nitrogen and oxygen atoms in total. The fourth-order valence-corrected chi connectivity index (χ4v) is 2.07. The summed E-state index contributed by atoms with van der Waals surface area (Å²) in [6.45, 7) is 0. The number of hydrogen-bond donors (Lipinski definition) is 3. The third kappa shape index (κ3) is 1.66. The molecule has 0 radical (unpaired) electrons. The molecule has 0 bridgehead atoms. The maximum atomic E-state index is 12.3. The van der Waals surface area contributed by atoms with Gasteiger partial charge in [0.2, 0.25) is 5.43 Å². The zero-order chi connectivity index (χ0) is 14.4. The standard InChI is InChI=1S/C14H8O6/c15-7-1-2-10-8(5-7)13(17)12-9(16)3-6(14(18)19)4-11(12)20-10/h1-5,15-16H,(H,18,19). The fourth-order valence-electron chi connectivity index (χ4n) is 2.07. The molecule has 6 heteroatoms. The molecule has 0 aliphatic carbocycles. The second kappa shape index (κ2) is 3.99. The lowest BCUT2D eigenvalue weighted by atomic mass is 10.1. The van der Waals surface area contributed by atoms with Gasteiger partial charge < -0.3 is 19.7 Å². The number of hydrogen-bond acceptors (Lipinski definition) is 5. The molecular weight excluding hydrogens is 264 g/mol. The van der Waals surface area contributed by atoms with Crippen LogP contribution in [-0.4, -0.2) is 21.3 Å². The Morgan fingerprint density at radius 3 is 2.50 bits per heavy atom. The minimum atomic E-state index is -1.24. The predicted octanol–water partition coefficient (Wildman–Crippen LogP) is 2.06. The van der Waals surface area contributed by atoms with Crippen molar-refractivity contribution in [2.75, 3.05) is 0 Å². The zero-order valence-electron chi connectivity index (χ0n) is 9.95. The number of carboxylic acids is 1. The van der Waals surface area contributed by atoms with E-state index in [1.165, 1.54) is 24.3 Å². The van der Waals surface area contributed by atoms with Gasteiger partial charge in [-0.25, -0.2) is 4.79 Å². The van der Waals surface area contributed by atoms with Crippen molar-refractivity contribution in [1.29, 1.82) is 0 Å². The van der Waals surface area contributed by atoms with Crippen molar-refractivity contribution in [3.05, 3.63) is 46.1 Å². The Morgan fingerprint density at radius 2 is 1.80 bits per heavy atom. The third-order valence-corrected chi connectivity index (χ3v) is 2.98. The van der Waals surface area contributed by atoms with Crippen LogP contribution in [0.3, 0.4) is 0 Å². The molecule has 0 aliphatic heterocycles. The van der Waals surface area contributed by atoms with E-state index in [0.717, 1.165) is 6.07 Å². The van der Waals surface area contributed by atoms with Crippen molar-refractivity contribution in [2.24, 2.45) is 0 Å². The van der Waals surface area contributed by atoms with Gasteiger partial charge in [0.25, 0.3) is 0 Å². The number of carboxylic acid groups (broad SMARTS) is 1. The van der Waals surface area contributed by atoms with E-state index >= 15 is 0 Å². The van der Waals surface area contributed by atoms with Crippen molar-refractivity contribution in [2.45, 2.75) is 0 Å². The van der Waals surface area contributed by atoms with E-state index in [1.807, 2.05) is 0 Å². The van der Waals surface area contributed by atoms with Crippen LogP contribution in [0.4, 0.5) is 0 Å². The molecule has 3 rings (SSSR count). The molecule has 0 amide bonds. The number of aromatic hydroxyl groups is 2. The Bertz CT molecular complexity index is 922. The van der Waals surface area contributed by atoms with Gasteiger partial charge in [0.05, 0.1) is 10.9 Å². The lowest BCUT2D eigenvalue weighted by Gasteiger charge is -2.05. The maximum Gasteiger partial charge on any atom is 0.335 e. The Kier molecular flexibility index (Phi) is 2.40. The van der Waals surface area contributed by atoms with Crippen molar-refractivity contribution >= 4 is 27.9 Å². The lowest BCUT2D eigenvalue weighted by molar-refractivity contribution is 0.0696. The highest BCUT2D eigenvalue weighted by Crippen LogP contribution is 2.28. The fraction of sp³-hybridized carbons (Fsp3) is 0. The van der Waals surface area contributed by atoms with E-state index in [1.54, 1.807) is 0 Å². The number of phenolic OH excluding ortho intramolecular Hbond substituents is 2. The predicted molar refractivity (Wildman–Crippen MR) is 70.3 cm³/mol. The molecule has 3 N–H and O–H groups in total. The van der Waals surface area contributed by atoms with Crippen LogP contribution in [0.15, 0.2) is 39.5 Å². The second-order valence-corrected chi connectivity index (χ2v) is 4.29. The van der Waals surface area contributed by atoms with Crippen LogP contribution in [0, 0.1) is 0 Å². The van der Waals surface area contributed by atoms with Crippen LogP contribution in [0.2, 0.25) is 0 Å². The Hall–Kier alpha value is -3.02. The molecule has 0 fully saturated rings. The largest absolute Gasteiger partial charge is 0.508 e. The van der Waals surface area contributed by atoms with E-state index in [0.29, 0.717) is 0 Å². The minimum Gasteiger partial charge on any atom is -0.508 e. The molecule has 2 aromatic carbocycles. The van der Waals surface area contributed by atoms with Crippen LogP contribution in [-0.2, 0) is 0 Å². The summed E-state index contributed by atoms with van der Waals surface area (Å²) < 4.78 is 5.42. The second-order valence-electron chi connectivity index (χ2n) is 4.29. The van der Waals surface area contributed by atoms with Gasteiger partial charge in [-0.2, -0.15) is 0 Å². The quantitative estimate of drug-likeness (QED) is 0.585. The molecular formula is C14H8O6. The van der Waals surface area contributed by atoms with E-state index in [4.69, 9.17) is 9.52 Å². The molecule has 0 spiro atoms. The molecule has 3 aromatic rings. The summed E-state index contributed by atoms with van der Waals surface area (Å²) in [4.78, 5) is 23.2. The molecule has 0 aliphatic rings. The Balaban J connectivity index is 2.53. The Morgan fingerprint density at radius 1 is 1.05 bits per heavy atom. The maximum absolute atomic E-state index is 12.3. The van der Waals surface area contributed by atoms with Gasteiger partial charge in [-0.15, -0.1) is 0 Å². The van der Waals surface area contributed by atoms with Gasteiger partial charge in [0.15, 0.2) is 0 Å². The molecule has 0 unspecified atom stereocenters. The zero-order valence-corrected chi connectivity index (χ0v) is 9.95. The third-order valence-electron chi connectivity index (χ3n) is 2.98. The SMILES string of the molecule is O=C(O)c1cc(O)c2c(=O)c3cc(O)ccc3oc2c1. The van der Waals surface area contributed by atoms with Crippen LogP contribution in [0.5, 0.6) is 11.5 Å².